The topological polar surface area (TPSA) is 29.5 Å². The zero-order valence-electron chi connectivity index (χ0n) is 15.6. The fourth-order valence-electron chi connectivity index (χ4n) is 3.32. The van der Waals surface area contributed by atoms with Crippen LogP contribution in [0.3, 0.4) is 0 Å². The molecule has 1 heterocycles. The molecule has 1 amide bonds. The summed E-state index contributed by atoms with van der Waals surface area (Å²) >= 11 is 6.24. The van der Waals surface area contributed by atoms with E-state index in [1.54, 1.807) is 11.0 Å². The molecule has 0 saturated carbocycles. The van der Waals surface area contributed by atoms with Crippen LogP contribution < -0.4 is 9.64 Å². The highest BCUT2D eigenvalue weighted by Gasteiger charge is 2.46. The molecule has 6 heteroatoms. The molecule has 1 atom stereocenters. The molecule has 0 fully saturated rings. The van der Waals surface area contributed by atoms with E-state index in [4.69, 9.17) is 16.3 Å². The van der Waals surface area contributed by atoms with Crippen LogP contribution in [0.4, 0.5) is 14.5 Å². The summed E-state index contributed by atoms with van der Waals surface area (Å²) in [6.07, 6.45) is 2.80. The lowest BCUT2D eigenvalue weighted by molar-refractivity contribution is -0.135. The van der Waals surface area contributed by atoms with E-state index in [1.165, 1.54) is 6.92 Å². The van der Waals surface area contributed by atoms with Gasteiger partial charge in [0.15, 0.2) is 0 Å². The van der Waals surface area contributed by atoms with Crippen LogP contribution in [-0.2, 0) is 10.4 Å². The van der Waals surface area contributed by atoms with E-state index in [2.05, 4.69) is 6.92 Å². The van der Waals surface area contributed by atoms with Crippen LogP contribution in [0.2, 0.25) is 5.02 Å². The number of ether oxygens (including phenoxy) is 1. The number of unbranched alkanes of at least 4 members (excludes halogenated alkanes) is 2. The third-order valence-electron chi connectivity index (χ3n) is 4.90. The van der Waals surface area contributed by atoms with Gasteiger partial charge in [-0.2, -0.15) is 0 Å². The first-order valence-corrected chi connectivity index (χ1v) is 9.41. The highest BCUT2D eigenvalue weighted by molar-refractivity contribution is 6.31. The number of hydrogen-bond acceptors (Lipinski definition) is 2. The summed E-state index contributed by atoms with van der Waals surface area (Å²) in [6.45, 7) is 5.97. The lowest BCUT2D eigenvalue weighted by Crippen LogP contribution is -2.52. The maximum atomic E-state index is 13.8. The molecule has 0 aromatic heterocycles. The van der Waals surface area contributed by atoms with Crippen molar-refractivity contribution in [2.45, 2.75) is 45.6 Å². The Bertz CT molecular complexity index is 866. The quantitative estimate of drug-likeness (QED) is 0.604. The molecular formula is C21H22ClF2NO2. The molecule has 0 radical (unpaired) electrons. The van der Waals surface area contributed by atoms with Gasteiger partial charge in [-0.15, -0.1) is 0 Å². The minimum absolute atomic E-state index is 0.132. The summed E-state index contributed by atoms with van der Waals surface area (Å²) in [5.74, 6) is -1.44. The fraction of sp³-hybridized carbons (Fsp3) is 0.381. The maximum absolute atomic E-state index is 13.8. The zero-order valence-corrected chi connectivity index (χ0v) is 16.4. The van der Waals surface area contributed by atoms with Crippen LogP contribution in [0.5, 0.6) is 5.75 Å². The zero-order chi connectivity index (χ0) is 19.8. The predicted octanol–water partition coefficient (Wildman–Crippen LogP) is 5.76. The van der Waals surface area contributed by atoms with Crippen molar-refractivity contribution in [3.05, 3.63) is 58.1 Å². The SMILES string of the molecule is CCCCCN1C(=O)C(C)(c2cc(F)cc(F)c2)Oc2cc(Cl)c(C)cc21. The van der Waals surface area contributed by atoms with Gasteiger partial charge in [0.05, 0.1) is 5.69 Å². The summed E-state index contributed by atoms with van der Waals surface area (Å²) in [5.41, 5.74) is 0.0497. The Morgan fingerprint density at radius 2 is 1.78 bits per heavy atom. The van der Waals surface area contributed by atoms with Gasteiger partial charge >= 0.3 is 0 Å². The number of amides is 1. The van der Waals surface area contributed by atoms with Crippen molar-refractivity contribution in [2.75, 3.05) is 11.4 Å². The third kappa shape index (κ3) is 3.65. The molecule has 144 valence electrons. The molecule has 1 aliphatic heterocycles. The van der Waals surface area contributed by atoms with E-state index in [0.29, 0.717) is 23.0 Å². The van der Waals surface area contributed by atoms with Gasteiger partial charge in [-0.05, 0) is 44.0 Å². The highest BCUT2D eigenvalue weighted by Crippen LogP contribution is 2.44. The molecule has 1 unspecified atom stereocenters. The number of benzene rings is 2. The monoisotopic (exact) mass is 393 g/mol. The van der Waals surface area contributed by atoms with Gasteiger partial charge in [0.2, 0.25) is 5.60 Å². The summed E-state index contributed by atoms with van der Waals surface area (Å²) in [4.78, 5) is 15.0. The largest absolute Gasteiger partial charge is 0.471 e. The van der Waals surface area contributed by atoms with E-state index >= 15 is 0 Å². The Balaban J connectivity index is 2.11. The first-order valence-electron chi connectivity index (χ1n) is 9.04. The van der Waals surface area contributed by atoms with E-state index in [9.17, 15) is 13.6 Å². The number of carbonyl (C=O) groups excluding carboxylic acids is 1. The Kier molecular flexibility index (Phi) is 5.43. The molecule has 27 heavy (non-hydrogen) atoms. The van der Waals surface area contributed by atoms with E-state index in [1.807, 2.05) is 13.0 Å². The van der Waals surface area contributed by atoms with Gasteiger partial charge in [0.25, 0.3) is 5.91 Å². The standard InChI is InChI=1S/C21H22ClF2NO2/c1-4-5-6-7-25-18-8-13(2)17(22)12-19(18)27-21(3,20(25)26)14-9-15(23)11-16(24)10-14/h8-12H,4-7H2,1-3H3. The van der Waals surface area contributed by atoms with Crippen molar-refractivity contribution in [2.24, 2.45) is 0 Å². The number of hydrogen-bond donors (Lipinski definition) is 0. The predicted molar refractivity (Wildman–Crippen MR) is 102 cm³/mol. The smallest absolute Gasteiger partial charge is 0.275 e. The van der Waals surface area contributed by atoms with Gasteiger partial charge in [-0.3, -0.25) is 4.79 Å². The van der Waals surface area contributed by atoms with Crippen LogP contribution in [-0.4, -0.2) is 12.5 Å². The van der Waals surface area contributed by atoms with Gasteiger partial charge in [-0.1, -0.05) is 31.4 Å². The second kappa shape index (κ2) is 7.47. The molecule has 0 spiro atoms. The van der Waals surface area contributed by atoms with Gasteiger partial charge in [0, 0.05) is 29.3 Å². The lowest BCUT2D eigenvalue weighted by atomic mass is 9.91. The van der Waals surface area contributed by atoms with Crippen LogP contribution in [0.1, 0.15) is 44.2 Å². The molecule has 3 nitrogen and oxygen atoms in total. The number of fused-ring (bicyclic) bond motifs is 1. The second-order valence-corrected chi connectivity index (χ2v) is 7.43. The number of nitrogens with zero attached hydrogens (tertiary/aromatic N) is 1. The molecule has 0 aliphatic carbocycles. The van der Waals surface area contributed by atoms with Crippen molar-refractivity contribution >= 4 is 23.2 Å². The first kappa shape index (κ1) is 19.6. The Morgan fingerprint density at radius 3 is 2.41 bits per heavy atom. The summed E-state index contributed by atoms with van der Waals surface area (Å²) in [6, 6.07) is 6.50. The molecule has 0 N–H and O–H groups in total. The summed E-state index contributed by atoms with van der Waals surface area (Å²) < 4.78 is 33.6. The van der Waals surface area contributed by atoms with Gasteiger partial charge in [0.1, 0.15) is 17.4 Å². The number of carbonyl (C=O) groups is 1. The third-order valence-corrected chi connectivity index (χ3v) is 5.30. The first-order chi connectivity index (χ1) is 12.8. The Labute approximate surface area is 162 Å². The van der Waals surface area contributed by atoms with Crippen LogP contribution >= 0.6 is 11.6 Å². The Morgan fingerprint density at radius 1 is 1.11 bits per heavy atom. The van der Waals surface area contributed by atoms with Gasteiger partial charge in [-0.25, -0.2) is 8.78 Å². The van der Waals surface area contributed by atoms with Crippen molar-refractivity contribution in [3.63, 3.8) is 0 Å². The number of halogens is 3. The Hall–Kier alpha value is -2.14. The molecule has 0 bridgehead atoms. The minimum atomic E-state index is -1.54. The van der Waals surface area contributed by atoms with E-state index in [0.717, 1.165) is 43.0 Å². The van der Waals surface area contributed by atoms with Crippen molar-refractivity contribution in [1.29, 1.82) is 0 Å². The number of rotatable bonds is 5. The van der Waals surface area contributed by atoms with Crippen LogP contribution in [0.25, 0.3) is 0 Å². The molecule has 2 aromatic rings. The van der Waals surface area contributed by atoms with Crippen molar-refractivity contribution in [3.8, 4) is 5.75 Å². The van der Waals surface area contributed by atoms with Crippen molar-refractivity contribution < 1.29 is 18.3 Å². The highest BCUT2D eigenvalue weighted by atomic mass is 35.5. The van der Waals surface area contributed by atoms with Crippen molar-refractivity contribution in [1.82, 2.24) is 0 Å². The number of anilines is 1. The average molecular weight is 394 g/mol. The lowest BCUT2D eigenvalue weighted by Gasteiger charge is -2.41. The average Bonchev–Trinajstić information content (AvgIpc) is 2.59. The normalized spacial score (nSPS) is 19.0. The van der Waals surface area contributed by atoms with Crippen LogP contribution in [0.15, 0.2) is 30.3 Å². The van der Waals surface area contributed by atoms with Gasteiger partial charge < -0.3 is 9.64 Å². The second-order valence-electron chi connectivity index (χ2n) is 7.03. The maximum Gasteiger partial charge on any atom is 0.275 e. The molecule has 3 rings (SSSR count). The molecular weight excluding hydrogens is 372 g/mol. The molecule has 2 aromatic carbocycles. The summed E-state index contributed by atoms with van der Waals surface area (Å²) in [5, 5.41) is 0.504. The summed E-state index contributed by atoms with van der Waals surface area (Å²) in [7, 11) is 0. The molecule has 0 saturated heterocycles. The van der Waals surface area contributed by atoms with E-state index in [-0.39, 0.29) is 11.5 Å². The van der Waals surface area contributed by atoms with Crippen LogP contribution in [0, 0.1) is 18.6 Å². The van der Waals surface area contributed by atoms with E-state index < -0.39 is 17.2 Å². The molecule has 1 aliphatic rings. The number of aryl methyl sites for hydroxylation is 1. The minimum Gasteiger partial charge on any atom is -0.471 e. The fourth-order valence-corrected chi connectivity index (χ4v) is 3.48.